The van der Waals surface area contributed by atoms with Crippen LogP contribution < -0.4 is 15.8 Å². The molecule has 0 radical (unpaired) electrons. The number of aliphatic imine (C=N–C) groups is 1. The molecule has 1 amide bonds. The normalized spacial score (nSPS) is 13.6. The number of nitrogens with one attached hydrogen (secondary N) is 1. The van der Waals surface area contributed by atoms with Crippen LogP contribution in [0, 0.1) is 11.3 Å². The van der Waals surface area contributed by atoms with Gasteiger partial charge < -0.3 is 15.8 Å². The summed E-state index contributed by atoms with van der Waals surface area (Å²) in [7, 11) is 1.55. The zero-order valence-corrected chi connectivity index (χ0v) is 17.0. The summed E-state index contributed by atoms with van der Waals surface area (Å²) >= 11 is 0. The summed E-state index contributed by atoms with van der Waals surface area (Å²) in [5.41, 5.74) is 9.60. The van der Waals surface area contributed by atoms with Gasteiger partial charge >= 0.3 is 0 Å². The fraction of sp³-hybridized carbons (Fsp3) is 0.182. The number of nitrogens with zero attached hydrogens (tertiary/aromatic N) is 5. The molecule has 1 atom stereocenters. The standard InChI is InChI=1S/C22H19N7O2/c1-12(27-20-15(10-23)11-26-22(24)29-20)17-8-14-4-3-5-16(19(14)21(30)28-17)13-6-7-25-18(9-13)31-2/h3-7,9,11-12H,8H2,1-2H3,(H3,24,26,27,29)/t12-/m0/s1. The highest BCUT2D eigenvalue weighted by molar-refractivity contribution is 6.14. The number of rotatable bonds is 5. The minimum absolute atomic E-state index is 0.0538. The van der Waals surface area contributed by atoms with Crippen molar-refractivity contribution >= 4 is 23.4 Å². The molecule has 0 saturated carbocycles. The maximum atomic E-state index is 13.0. The molecule has 9 heteroatoms. The zero-order chi connectivity index (χ0) is 22.0. The first-order chi connectivity index (χ1) is 15.0. The molecular weight excluding hydrogens is 394 g/mol. The number of aromatic nitrogens is 3. The van der Waals surface area contributed by atoms with Gasteiger partial charge in [0.2, 0.25) is 11.8 Å². The zero-order valence-electron chi connectivity index (χ0n) is 17.0. The number of ether oxygens (including phenoxy) is 1. The highest BCUT2D eigenvalue weighted by atomic mass is 16.5. The van der Waals surface area contributed by atoms with Gasteiger partial charge in [-0.15, -0.1) is 0 Å². The maximum absolute atomic E-state index is 13.0. The summed E-state index contributed by atoms with van der Waals surface area (Å²) in [5.74, 6) is 0.510. The summed E-state index contributed by atoms with van der Waals surface area (Å²) < 4.78 is 5.21. The average Bonchev–Trinajstić information content (AvgIpc) is 2.78. The Morgan fingerprint density at radius 3 is 2.90 bits per heavy atom. The van der Waals surface area contributed by atoms with Gasteiger partial charge in [0.15, 0.2) is 0 Å². The van der Waals surface area contributed by atoms with Crippen LogP contribution in [0.25, 0.3) is 11.1 Å². The molecule has 0 aliphatic carbocycles. The van der Waals surface area contributed by atoms with Crippen molar-refractivity contribution in [1.82, 2.24) is 15.0 Å². The minimum Gasteiger partial charge on any atom is -0.481 e. The first-order valence-corrected chi connectivity index (χ1v) is 9.53. The number of nitrogen functional groups attached to an aromatic ring is 1. The van der Waals surface area contributed by atoms with E-state index in [1.807, 2.05) is 37.3 Å². The topological polar surface area (TPSA) is 139 Å². The number of carbonyl (C=O) groups excluding carboxylic acids is 1. The number of methoxy groups -OCH3 is 1. The fourth-order valence-corrected chi connectivity index (χ4v) is 3.48. The number of nitrogens with two attached hydrogens (primary N) is 1. The van der Waals surface area contributed by atoms with E-state index in [2.05, 4.69) is 25.3 Å². The lowest BCUT2D eigenvalue weighted by atomic mass is 9.89. The molecule has 9 nitrogen and oxygen atoms in total. The van der Waals surface area contributed by atoms with Crippen LogP contribution >= 0.6 is 0 Å². The number of fused-ring (bicyclic) bond motifs is 1. The first-order valence-electron chi connectivity index (χ1n) is 9.53. The lowest BCUT2D eigenvalue weighted by Gasteiger charge is -2.23. The van der Waals surface area contributed by atoms with Crippen LogP contribution in [0.1, 0.15) is 28.4 Å². The number of carbonyl (C=O) groups is 1. The van der Waals surface area contributed by atoms with E-state index in [0.717, 1.165) is 16.7 Å². The third-order valence-electron chi connectivity index (χ3n) is 5.02. The van der Waals surface area contributed by atoms with Gasteiger partial charge in [0.1, 0.15) is 17.5 Å². The molecule has 1 aliphatic rings. The summed E-state index contributed by atoms with van der Waals surface area (Å²) in [4.78, 5) is 29.4. The van der Waals surface area contributed by atoms with Gasteiger partial charge in [-0.25, -0.2) is 15.0 Å². The van der Waals surface area contributed by atoms with Gasteiger partial charge in [0, 0.05) is 24.4 Å². The molecule has 4 rings (SSSR count). The second kappa shape index (κ2) is 8.20. The van der Waals surface area contributed by atoms with Gasteiger partial charge in [-0.2, -0.15) is 10.2 Å². The molecule has 0 fully saturated rings. The number of benzene rings is 1. The Labute approximate surface area is 178 Å². The smallest absolute Gasteiger partial charge is 0.277 e. The maximum Gasteiger partial charge on any atom is 0.277 e. The average molecular weight is 413 g/mol. The molecule has 3 heterocycles. The third-order valence-corrected chi connectivity index (χ3v) is 5.02. The van der Waals surface area contributed by atoms with Gasteiger partial charge in [-0.05, 0) is 29.7 Å². The van der Waals surface area contributed by atoms with E-state index in [0.29, 0.717) is 29.4 Å². The van der Waals surface area contributed by atoms with Gasteiger partial charge in [0.25, 0.3) is 5.91 Å². The Morgan fingerprint density at radius 2 is 2.13 bits per heavy atom. The van der Waals surface area contributed by atoms with E-state index in [1.165, 1.54) is 6.20 Å². The van der Waals surface area contributed by atoms with Crippen molar-refractivity contribution in [2.75, 3.05) is 18.2 Å². The fourth-order valence-electron chi connectivity index (χ4n) is 3.48. The number of hydrogen-bond donors (Lipinski definition) is 2. The van der Waals surface area contributed by atoms with Crippen LogP contribution in [0.5, 0.6) is 5.88 Å². The van der Waals surface area contributed by atoms with Crippen molar-refractivity contribution in [3.05, 3.63) is 59.4 Å². The molecule has 0 spiro atoms. The largest absolute Gasteiger partial charge is 0.481 e. The molecule has 154 valence electrons. The number of pyridine rings is 1. The Kier molecular flexibility index (Phi) is 5.28. The Balaban J connectivity index is 1.65. The molecule has 1 aromatic carbocycles. The van der Waals surface area contributed by atoms with Gasteiger partial charge in [-0.1, -0.05) is 18.2 Å². The van der Waals surface area contributed by atoms with E-state index < -0.39 is 0 Å². The predicted octanol–water partition coefficient (Wildman–Crippen LogP) is 2.64. The van der Waals surface area contributed by atoms with E-state index in [4.69, 9.17) is 10.5 Å². The second-order valence-corrected chi connectivity index (χ2v) is 6.98. The predicted molar refractivity (Wildman–Crippen MR) is 116 cm³/mol. The Bertz CT molecular complexity index is 1250. The highest BCUT2D eigenvalue weighted by Gasteiger charge is 2.26. The summed E-state index contributed by atoms with van der Waals surface area (Å²) in [6, 6.07) is 11.0. The molecule has 1 aliphatic heterocycles. The number of hydrogen-bond acceptors (Lipinski definition) is 8. The summed E-state index contributed by atoms with van der Waals surface area (Å²) in [6.07, 6.45) is 3.48. The second-order valence-electron chi connectivity index (χ2n) is 6.98. The lowest BCUT2D eigenvalue weighted by Crippen LogP contribution is -2.32. The van der Waals surface area contributed by atoms with Crippen LogP contribution in [0.3, 0.4) is 0 Å². The van der Waals surface area contributed by atoms with E-state index in [1.54, 1.807) is 19.4 Å². The van der Waals surface area contributed by atoms with Crippen molar-refractivity contribution in [2.24, 2.45) is 4.99 Å². The van der Waals surface area contributed by atoms with E-state index >= 15 is 0 Å². The molecule has 2 aromatic heterocycles. The summed E-state index contributed by atoms with van der Waals surface area (Å²) in [5, 5.41) is 12.4. The number of nitriles is 1. The molecular formula is C22H19N7O2. The molecule has 0 unspecified atom stereocenters. The van der Waals surface area contributed by atoms with Gasteiger partial charge in [0.05, 0.1) is 24.9 Å². The van der Waals surface area contributed by atoms with Crippen LogP contribution in [-0.2, 0) is 6.42 Å². The molecule has 0 bridgehead atoms. The van der Waals surface area contributed by atoms with E-state index in [9.17, 15) is 10.1 Å². The summed E-state index contributed by atoms with van der Waals surface area (Å²) in [6.45, 7) is 1.86. The van der Waals surface area contributed by atoms with E-state index in [-0.39, 0.29) is 23.5 Å². The third kappa shape index (κ3) is 3.91. The first kappa shape index (κ1) is 20.0. The van der Waals surface area contributed by atoms with Gasteiger partial charge in [-0.3, -0.25) is 4.79 Å². The van der Waals surface area contributed by atoms with Crippen molar-refractivity contribution in [3.8, 4) is 23.1 Å². The molecule has 3 aromatic rings. The monoisotopic (exact) mass is 413 g/mol. The molecule has 31 heavy (non-hydrogen) atoms. The van der Waals surface area contributed by atoms with Crippen LogP contribution in [-0.4, -0.2) is 39.7 Å². The minimum atomic E-state index is -0.344. The Hall–Kier alpha value is -4.32. The van der Waals surface area contributed by atoms with Crippen LogP contribution in [0.4, 0.5) is 11.8 Å². The van der Waals surface area contributed by atoms with Crippen molar-refractivity contribution < 1.29 is 9.53 Å². The van der Waals surface area contributed by atoms with Crippen LogP contribution in [0.2, 0.25) is 0 Å². The Morgan fingerprint density at radius 1 is 1.29 bits per heavy atom. The SMILES string of the molecule is COc1cc(-c2cccc3c2C(=O)N=C([C@H](C)Nc2nc(N)ncc2C#N)C3)ccn1. The number of amides is 1. The van der Waals surface area contributed by atoms with Crippen molar-refractivity contribution in [3.63, 3.8) is 0 Å². The van der Waals surface area contributed by atoms with Crippen molar-refractivity contribution in [1.29, 1.82) is 5.26 Å². The number of anilines is 2. The molecule has 0 saturated heterocycles. The molecule has 3 N–H and O–H groups in total. The lowest BCUT2D eigenvalue weighted by molar-refractivity contribution is 0.100. The van der Waals surface area contributed by atoms with Crippen molar-refractivity contribution in [2.45, 2.75) is 19.4 Å². The quantitative estimate of drug-likeness (QED) is 0.651. The van der Waals surface area contributed by atoms with Crippen LogP contribution in [0.15, 0.2) is 47.7 Å². The highest BCUT2D eigenvalue weighted by Crippen LogP contribution is 2.31.